The van der Waals surface area contributed by atoms with Crippen LogP contribution in [0.15, 0.2) is 48.7 Å². The molecule has 1 saturated heterocycles. The highest BCUT2D eigenvalue weighted by molar-refractivity contribution is 5.81. The first kappa shape index (κ1) is 20.5. The molecule has 1 aromatic heterocycles. The van der Waals surface area contributed by atoms with E-state index >= 15 is 0 Å². The van der Waals surface area contributed by atoms with Crippen LogP contribution in [0.4, 0.5) is 4.39 Å². The molecule has 1 aliphatic heterocycles. The van der Waals surface area contributed by atoms with Gasteiger partial charge in [-0.15, -0.1) is 0 Å². The van der Waals surface area contributed by atoms with E-state index in [0.29, 0.717) is 0 Å². The molecule has 1 fully saturated rings. The summed E-state index contributed by atoms with van der Waals surface area (Å²) in [6.07, 6.45) is 3.90. The molecule has 5 heteroatoms. The van der Waals surface area contributed by atoms with E-state index in [9.17, 15) is 9.18 Å². The monoisotopic (exact) mass is 383 g/mol. The number of likely N-dealkylation sites (tertiary alicyclic amines) is 1. The second-order valence-electron chi connectivity index (χ2n) is 8.72. The van der Waals surface area contributed by atoms with Gasteiger partial charge in [0.2, 0.25) is 5.91 Å². The summed E-state index contributed by atoms with van der Waals surface area (Å²) in [6, 6.07) is 12.5. The quantitative estimate of drug-likeness (QED) is 0.836. The van der Waals surface area contributed by atoms with Crippen LogP contribution in [0.5, 0.6) is 0 Å². The van der Waals surface area contributed by atoms with E-state index in [1.165, 1.54) is 12.1 Å². The second-order valence-corrected chi connectivity index (χ2v) is 8.72. The van der Waals surface area contributed by atoms with E-state index in [1.54, 1.807) is 6.20 Å². The average Bonchev–Trinajstić information content (AvgIpc) is 2.68. The number of amides is 1. The molecule has 0 spiro atoms. The van der Waals surface area contributed by atoms with Gasteiger partial charge >= 0.3 is 0 Å². The van der Waals surface area contributed by atoms with Gasteiger partial charge in [-0.25, -0.2) is 4.39 Å². The number of nitrogens with zero attached hydrogens (tertiary/aromatic N) is 2. The van der Waals surface area contributed by atoms with Crippen LogP contribution in [0.3, 0.4) is 0 Å². The number of hydrogen-bond donors (Lipinski definition) is 1. The predicted octanol–water partition coefficient (Wildman–Crippen LogP) is 4.34. The lowest BCUT2D eigenvalue weighted by Crippen LogP contribution is -2.45. The zero-order chi connectivity index (χ0) is 20.1. The van der Waals surface area contributed by atoms with Crippen LogP contribution in [-0.4, -0.2) is 28.9 Å². The molecule has 150 valence electrons. The van der Waals surface area contributed by atoms with Gasteiger partial charge in [0.05, 0.1) is 11.7 Å². The molecule has 0 bridgehead atoms. The van der Waals surface area contributed by atoms with Crippen LogP contribution in [0.25, 0.3) is 0 Å². The number of aromatic nitrogens is 1. The third-order valence-corrected chi connectivity index (χ3v) is 5.31. The zero-order valence-electron chi connectivity index (χ0n) is 17.0. The zero-order valence-corrected chi connectivity index (χ0v) is 17.0. The second kappa shape index (κ2) is 8.82. The minimum atomic E-state index is -0.449. The van der Waals surface area contributed by atoms with E-state index < -0.39 is 5.41 Å². The van der Waals surface area contributed by atoms with Crippen molar-refractivity contribution in [2.45, 2.75) is 46.2 Å². The molecule has 0 saturated carbocycles. The predicted molar refractivity (Wildman–Crippen MR) is 109 cm³/mol. The molecule has 3 rings (SSSR count). The van der Waals surface area contributed by atoms with E-state index in [1.807, 2.05) is 51.1 Å². The first-order chi connectivity index (χ1) is 13.3. The molecule has 2 heterocycles. The van der Waals surface area contributed by atoms with Crippen molar-refractivity contribution in [3.63, 3.8) is 0 Å². The van der Waals surface area contributed by atoms with Crippen LogP contribution in [-0.2, 0) is 11.3 Å². The van der Waals surface area contributed by atoms with Gasteiger partial charge in [0, 0.05) is 24.7 Å². The van der Waals surface area contributed by atoms with Crippen molar-refractivity contribution in [2.24, 2.45) is 11.3 Å². The van der Waals surface area contributed by atoms with E-state index in [4.69, 9.17) is 0 Å². The van der Waals surface area contributed by atoms with Gasteiger partial charge in [0.1, 0.15) is 5.82 Å². The summed E-state index contributed by atoms with van der Waals surface area (Å²) in [5.41, 5.74) is 1.57. The third kappa shape index (κ3) is 5.38. The summed E-state index contributed by atoms with van der Waals surface area (Å²) >= 11 is 0. The molecule has 1 aromatic carbocycles. The highest BCUT2D eigenvalue weighted by Gasteiger charge is 2.33. The first-order valence-electron chi connectivity index (χ1n) is 10.0. The lowest BCUT2D eigenvalue weighted by atomic mass is 9.86. The Morgan fingerprint density at radius 2 is 2.00 bits per heavy atom. The van der Waals surface area contributed by atoms with Crippen molar-refractivity contribution in [3.05, 3.63) is 65.7 Å². The maximum absolute atomic E-state index is 13.2. The molecule has 0 radical (unpaired) electrons. The molecule has 1 amide bonds. The Hall–Kier alpha value is -2.27. The Kier molecular flexibility index (Phi) is 6.45. The average molecular weight is 384 g/mol. The molecule has 2 atom stereocenters. The number of piperidine rings is 1. The molecular formula is C23H30FN3O. The Labute approximate surface area is 167 Å². The molecule has 0 aliphatic carbocycles. The fourth-order valence-corrected chi connectivity index (χ4v) is 3.71. The number of nitrogens with one attached hydrogen (secondary N) is 1. The Morgan fingerprint density at radius 1 is 1.25 bits per heavy atom. The largest absolute Gasteiger partial charge is 0.347 e. The number of halogens is 1. The lowest BCUT2D eigenvalue weighted by molar-refractivity contribution is -0.130. The van der Waals surface area contributed by atoms with Gasteiger partial charge in [0.25, 0.3) is 0 Å². The molecular weight excluding hydrogens is 353 g/mol. The van der Waals surface area contributed by atoms with Crippen molar-refractivity contribution in [2.75, 3.05) is 13.1 Å². The summed E-state index contributed by atoms with van der Waals surface area (Å²) in [7, 11) is 0. The summed E-state index contributed by atoms with van der Waals surface area (Å²) in [4.78, 5) is 19.6. The van der Waals surface area contributed by atoms with Crippen molar-refractivity contribution >= 4 is 5.91 Å². The van der Waals surface area contributed by atoms with Crippen LogP contribution >= 0.6 is 0 Å². The SMILES string of the molecule is CC(C)(C)C(=O)N[C@H](c1ccccn1)[C@H]1CCCN(Cc2ccc(F)cc2)C1. The smallest absolute Gasteiger partial charge is 0.225 e. The topological polar surface area (TPSA) is 45.2 Å². The molecule has 1 N–H and O–H groups in total. The Balaban J connectivity index is 1.75. The summed E-state index contributed by atoms with van der Waals surface area (Å²) in [5, 5.41) is 3.26. The molecule has 0 unspecified atom stereocenters. The Bertz CT molecular complexity index is 771. The normalized spacial score (nSPS) is 19.2. The fraction of sp³-hybridized carbons (Fsp3) is 0.478. The van der Waals surface area contributed by atoms with E-state index in [0.717, 1.165) is 43.7 Å². The molecule has 1 aliphatic rings. The van der Waals surface area contributed by atoms with Gasteiger partial charge < -0.3 is 5.32 Å². The van der Waals surface area contributed by atoms with Gasteiger partial charge in [-0.1, -0.05) is 39.0 Å². The van der Waals surface area contributed by atoms with Crippen molar-refractivity contribution in [1.82, 2.24) is 15.2 Å². The molecule has 28 heavy (non-hydrogen) atoms. The first-order valence-corrected chi connectivity index (χ1v) is 10.0. The van der Waals surface area contributed by atoms with Crippen LogP contribution in [0, 0.1) is 17.2 Å². The van der Waals surface area contributed by atoms with Gasteiger partial charge in [-0.2, -0.15) is 0 Å². The summed E-state index contributed by atoms with van der Waals surface area (Å²) in [5.74, 6) is 0.120. The maximum atomic E-state index is 13.2. The summed E-state index contributed by atoms with van der Waals surface area (Å²) in [6.45, 7) is 8.47. The number of pyridine rings is 1. The fourth-order valence-electron chi connectivity index (χ4n) is 3.71. The van der Waals surface area contributed by atoms with Gasteiger partial charge in [0.15, 0.2) is 0 Å². The summed E-state index contributed by atoms with van der Waals surface area (Å²) < 4.78 is 13.2. The minimum absolute atomic E-state index is 0.0406. The number of carbonyl (C=O) groups excluding carboxylic acids is 1. The number of hydrogen-bond acceptors (Lipinski definition) is 3. The third-order valence-electron chi connectivity index (χ3n) is 5.31. The lowest BCUT2D eigenvalue weighted by Gasteiger charge is -2.38. The van der Waals surface area contributed by atoms with E-state index in [-0.39, 0.29) is 23.7 Å². The number of carbonyl (C=O) groups is 1. The van der Waals surface area contributed by atoms with Crippen molar-refractivity contribution < 1.29 is 9.18 Å². The van der Waals surface area contributed by atoms with Crippen molar-refractivity contribution in [1.29, 1.82) is 0 Å². The van der Waals surface area contributed by atoms with Gasteiger partial charge in [-0.05, 0) is 55.1 Å². The maximum Gasteiger partial charge on any atom is 0.225 e. The Morgan fingerprint density at radius 3 is 2.64 bits per heavy atom. The number of benzene rings is 1. The highest BCUT2D eigenvalue weighted by Crippen LogP contribution is 2.31. The van der Waals surface area contributed by atoms with Crippen molar-refractivity contribution in [3.8, 4) is 0 Å². The van der Waals surface area contributed by atoms with E-state index in [2.05, 4.69) is 15.2 Å². The minimum Gasteiger partial charge on any atom is -0.347 e. The van der Waals surface area contributed by atoms with Crippen LogP contribution in [0.1, 0.15) is 50.9 Å². The number of rotatable bonds is 5. The van der Waals surface area contributed by atoms with Gasteiger partial charge in [-0.3, -0.25) is 14.7 Å². The van der Waals surface area contributed by atoms with Crippen LogP contribution < -0.4 is 5.32 Å². The molecule has 2 aromatic rings. The van der Waals surface area contributed by atoms with Crippen LogP contribution in [0.2, 0.25) is 0 Å². The standard InChI is InChI=1S/C23H30FN3O/c1-23(2,3)22(28)26-21(20-8-4-5-13-25-20)18-7-6-14-27(16-18)15-17-9-11-19(24)12-10-17/h4-5,8-13,18,21H,6-7,14-16H2,1-3H3,(H,26,28)/t18-,21-/m0/s1. The highest BCUT2D eigenvalue weighted by atomic mass is 19.1. The molecule has 4 nitrogen and oxygen atoms in total.